The van der Waals surface area contributed by atoms with Gasteiger partial charge in [0.05, 0.1) is 5.56 Å². The molecule has 2 aromatic rings. The lowest BCUT2D eigenvalue weighted by atomic mass is 10.1. The number of thiocarbonyl (C=S) groups is 1. The highest BCUT2D eigenvalue weighted by atomic mass is 32.1. The Kier molecular flexibility index (Phi) is 3.81. The molecule has 0 aliphatic heterocycles. The number of rotatable bonds is 3. The maximum Gasteiger partial charge on any atom is 0.192 e. The minimum atomic E-state index is -0.133. The Morgan fingerprint density at radius 2 is 1.95 bits per heavy atom. The van der Waals surface area contributed by atoms with Crippen molar-refractivity contribution in [2.75, 3.05) is 0 Å². The predicted octanol–water partition coefficient (Wildman–Crippen LogP) is 2.34. The van der Waals surface area contributed by atoms with E-state index in [1.54, 1.807) is 12.3 Å². The van der Waals surface area contributed by atoms with E-state index in [9.17, 15) is 4.79 Å². The number of aromatic nitrogens is 1. The molecule has 0 radical (unpaired) electrons. The van der Waals surface area contributed by atoms with Crippen molar-refractivity contribution < 1.29 is 0 Å². The molecule has 0 amide bonds. The van der Waals surface area contributed by atoms with Gasteiger partial charge in [-0.3, -0.25) is 4.79 Å². The Balaban J connectivity index is 2.57. The summed E-state index contributed by atoms with van der Waals surface area (Å²) in [5.41, 5.74) is 8.94. The Hall–Kier alpha value is -1.94. The monoisotopic (exact) mass is 272 g/mol. The van der Waals surface area contributed by atoms with Crippen LogP contribution in [0.1, 0.15) is 23.7 Å². The largest absolute Gasteiger partial charge is 0.389 e. The number of aryl methyl sites for hydroxylation is 2. The fourth-order valence-electron chi connectivity index (χ4n) is 1.99. The van der Waals surface area contributed by atoms with Crippen LogP contribution < -0.4 is 11.2 Å². The van der Waals surface area contributed by atoms with E-state index in [2.05, 4.69) is 19.1 Å². The van der Waals surface area contributed by atoms with Gasteiger partial charge < -0.3 is 10.3 Å². The number of benzene rings is 1. The molecule has 1 heterocycles. The first-order valence-electron chi connectivity index (χ1n) is 6.15. The average molecular weight is 272 g/mol. The summed E-state index contributed by atoms with van der Waals surface area (Å²) >= 11 is 4.91. The van der Waals surface area contributed by atoms with Crippen LogP contribution in [0.2, 0.25) is 0 Å². The van der Waals surface area contributed by atoms with Gasteiger partial charge in [-0.25, -0.2) is 0 Å². The quantitative estimate of drug-likeness (QED) is 0.872. The maximum absolute atomic E-state index is 11.8. The highest BCUT2D eigenvalue weighted by Crippen LogP contribution is 2.13. The third-order valence-electron chi connectivity index (χ3n) is 3.13. The highest BCUT2D eigenvalue weighted by molar-refractivity contribution is 7.80. The zero-order valence-electron chi connectivity index (χ0n) is 11.0. The van der Waals surface area contributed by atoms with Crippen molar-refractivity contribution >= 4 is 17.2 Å². The SMILES string of the molecule is CCc1ccc(-n2cc(C(N)=S)c(=O)cc2C)cc1. The topological polar surface area (TPSA) is 48.0 Å². The fraction of sp³-hybridized carbons (Fsp3) is 0.200. The van der Waals surface area contributed by atoms with Crippen LogP contribution in [0.5, 0.6) is 0 Å². The lowest BCUT2D eigenvalue weighted by Crippen LogP contribution is -2.22. The van der Waals surface area contributed by atoms with Crippen LogP contribution in [0.3, 0.4) is 0 Å². The van der Waals surface area contributed by atoms with Crippen LogP contribution in [-0.2, 0) is 6.42 Å². The van der Waals surface area contributed by atoms with Gasteiger partial charge >= 0.3 is 0 Å². The van der Waals surface area contributed by atoms with E-state index in [1.807, 2.05) is 23.6 Å². The Bertz CT molecular complexity index is 672. The summed E-state index contributed by atoms with van der Waals surface area (Å²) in [7, 11) is 0. The van der Waals surface area contributed by atoms with Crippen molar-refractivity contribution in [2.45, 2.75) is 20.3 Å². The Labute approximate surface area is 117 Å². The van der Waals surface area contributed by atoms with E-state index in [-0.39, 0.29) is 10.4 Å². The van der Waals surface area contributed by atoms with Gasteiger partial charge in [0.25, 0.3) is 0 Å². The van der Waals surface area contributed by atoms with Crippen LogP contribution in [0.15, 0.2) is 41.3 Å². The third-order valence-corrected chi connectivity index (χ3v) is 3.35. The van der Waals surface area contributed by atoms with E-state index in [0.717, 1.165) is 17.8 Å². The average Bonchev–Trinajstić information content (AvgIpc) is 2.38. The van der Waals surface area contributed by atoms with Gasteiger partial charge in [0.2, 0.25) is 0 Å². The van der Waals surface area contributed by atoms with E-state index in [0.29, 0.717) is 5.56 Å². The van der Waals surface area contributed by atoms with E-state index in [1.165, 1.54) is 5.56 Å². The lowest BCUT2D eigenvalue weighted by molar-refractivity contribution is 0.967. The number of pyridine rings is 1. The summed E-state index contributed by atoms with van der Waals surface area (Å²) in [6.07, 6.45) is 2.71. The molecule has 19 heavy (non-hydrogen) atoms. The first-order valence-corrected chi connectivity index (χ1v) is 6.56. The zero-order valence-corrected chi connectivity index (χ0v) is 11.8. The molecule has 98 valence electrons. The highest BCUT2D eigenvalue weighted by Gasteiger charge is 2.07. The molecular formula is C15H16N2OS. The molecule has 2 N–H and O–H groups in total. The number of nitrogens with zero attached hydrogens (tertiary/aromatic N) is 1. The molecule has 1 aromatic carbocycles. The van der Waals surface area contributed by atoms with Crippen molar-refractivity contribution in [3.8, 4) is 5.69 Å². The summed E-state index contributed by atoms with van der Waals surface area (Å²) in [5.74, 6) is 0. The molecule has 0 saturated heterocycles. The second-order valence-corrected chi connectivity index (χ2v) is 4.89. The summed E-state index contributed by atoms with van der Waals surface area (Å²) in [5, 5.41) is 0. The van der Waals surface area contributed by atoms with Crippen molar-refractivity contribution in [3.63, 3.8) is 0 Å². The van der Waals surface area contributed by atoms with Crippen LogP contribution in [0.25, 0.3) is 5.69 Å². The van der Waals surface area contributed by atoms with Gasteiger partial charge in [0, 0.05) is 23.6 Å². The molecule has 0 spiro atoms. The third kappa shape index (κ3) is 2.74. The Morgan fingerprint density at radius 1 is 1.32 bits per heavy atom. The minimum Gasteiger partial charge on any atom is -0.389 e. The van der Waals surface area contributed by atoms with Gasteiger partial charge in [-0.15, -0.1) is 0 Å². The van der Waals surface area contributed by atoms with E-state index in [4.69, 9.17) is 18.0 Å². The van der Waals surface area contributed by atoms with Crippen LogP contribution >= 0.6 is 12.2 Å². The number of hydrogen-bond acceptors (Lipinski definition) is 2. The molecule has 1 aromatic heterocycles. The van der Waals surface area contributed by atoms with Gasteiger partial charge in [0.1, 0.15) is 4.99 Å². The van der Waals surface area contributed by atoms with E-state index >= 15 is 0 Å². The van der Waals surface area contributed by atoms with Crippen molar-refractivity contribution in [1.82, 2.24) is 4.57 Å². The molecule has 0 saturated carbocycles. The molecule has 0 aliphatic carbocycles. The van der Waals surface area contributed by atoms with Crippen molar-refractivity contribution in [3.05, 3.63) is 63.6 Å². The first-order chi connectivity index (χ1) is 9.02. The van der Waals surface area contributed by atoms with Crippen molar-refractivity contribution in [2.24, 2.45) is 5.73 Å². The normalized spacial score (nSPS) is 10.4. The molecular weight excluding hydrogens is 256 g/mol. The lowest BCUT2D eigenvalue weighted by Gasteiger charge is -2.12. The minimum absolute atomic E-state index is 0.129. The molecule has 0 atom stereocenters. The number of hydrogen-bond donors (Lipinski definition) is 1. The molecule has 4 heteroatoms. The molecule has 0 bridgehead atoms. The number of nitrogens with two attached hydrogens (primary N) is 1. The molecule has 0 fully saturated rings. The van der Waals surface area contributed by atoms with Gasteiger partial charge in [0.15, 0.2) is 5.43 Å². The molecule has 3 nitrogen and oxygen atoms in total. The second kappa shape index (κ2) is 5.36. The van der Waals surface area contributed by atoms with Gasteiger partial charge in [-0.2, -0.15) is 0 Å². The molecule has 2 rings (SSSR count). The van der Waals surface area contributed by atoms with Gasteiger partial charge in [-0.1, -0.05) is 31.3 Å². The fourth-order valence-corrected chi connectivity index (χ4v) is 2.14. The zero-order chi connectivity index (χ0) is 14.0. The summed E-state index contributed by atoms with van der Waals surface area (Å²) in [6.45, 7) is 4.00. The Morgan fingerprint density at radius 3 is 2.47 bits per heavy atom. The standard InChI is InChI=1S/C15H16N2OS/c1-3-11-4-6-12(7-5-11)17-9-13(15(16)19)14(18)8-10(17)2/h4-9H,3H2,1-2H3,(H2,16,19). The predicted molar refractivity (Wildman–Crippen MR) is 82.0 cm³/mol. The smallest absolute Gasteiger partial charge is 0.192 e. The second-order valence-electron chi connectivity index (χ2n) is 4.45. The molecule has 0 unspecified atom stereocenters. The van der Waals surface area contributed by atoms with Crippen LogP contribution in [0, 0.1) is 6.92 Å². The van der Waals surface area contributed by atoms with E-state index < -0.39 is 0 Å². The summed E-state index contributed by atoms with van der Waals surface area (Å²) < 4.78 is 1.93. The first kappa shape index (κ1) is 13.5. The van der Waals surface area contributed by atoms with Crippen LogP contribution in [0.4, 0.5) is 0 Å². The van der Waals surface area contributed by atoms with Crippen molar-refractivity contribution in [1.29, 1.82) is 0 Å². The summed E-state index contributed by atoms with van der Waals surface area (Å²) in [4.78, 5) is 11.9. The maximum atomic E-state index is 11.8. The van der Waals surface area contributed by atoms with Crippen LogP contribution in [-0.4, -0.2) is 9.56 Å². The summed E-state index contributed by atoms with van der Waals surface area (Å²) in [6, 6.07) is 9.77. The van der Waals surface area contributed by atoms with Gasteiger partial charge in [-0.05, 0) is 31.0 Å². The molecule has 0 aliphatic rings.